The molecule has 1 amide bonds. The van der Waals surface area contributed by atoms with Crippen molar-refractivity contribution in [3.63, 3.8) is 0 Å². The van der Waals surface area contributed by atoms with Gasteiger partial charge in [0, 0.05) is 24.1 Å². The lowest BCUT2D eigenvalue weighted by Gasteiger charge is -2.25. The number of fused-ring (bicyclic) bond motifs is 1. The number of amides is 1. The van der Waals surface area contributed by atoms with E-state index >= 15 is 0 Å². The Morgan fingerprint density at radius 3 is 2.50 bits per heavy atom. The average molecular weight is 625 g/mol. The number of hydrogen-bond acceptors (Lipinski definition) is 9. The van der Waals surface area contributed by atoms with Crippen LogP contribution in [0.3, 0.4) is 0 Å². The van der Waals surface area contributed by atoms with Crippen molar-refractivity contribution in [1.82, 2.24) is 14.5 Å². The van der Waals surface area contributed by atoms with E-state index in [2.05, 4.69) is 20.3 Å². The first kappa shape index (κ1) is 28.8. The van der Waals surface area contributed by atoms with E-state index < -0.39 is 28.2 Å². The summed E-state index contributed by atoms with van der Waals surface area (Å²) in [6.45, 7) is 1.68. The van der Waals surface area contributed by atoms with Gasteiger partial charge < -0.3 is 5.32 Å². The molecule has 0 radical (unpaired) electrons. The molecular weight excluding hydrogens is 604 g/mol. The number of anilines is 1. The molecule has 3 heterocycles. The highest BCUT2D eigenvalue weighted by molar-refractivity contribution is 7.99. The maximum Gasteiger partial charge on any atom is 0.283 e. The fourth-order valence-electron chi connectivity index (χ4n) is 4.73. The topological polar surface area (TPSA) is 132 Å². The van der Waals surface area contributed by atoms with Gasteiger partial charge in [0.1, 0.15) is 5.82 Å². The number of rotatable bonds is 7. The Balaban J connectivity index is 1.44. The number of halogens is 1. The minimum atomic E-state index is -0.892. The lowest BCUT2D eigenvalue weighted by atomic mass is 9.95. The average Bonchev–Trinajstić information content (AvgIpc) is 3.32. The van der Waals surface area contributed by atoms with Gasteiger partial charge in [0.25, 0.3) is 17.2 Å². The summed E-state index contributed by atoms with van der Waals surface area (Å²) >= 11 is 2.15. The zero-order valence-corrected chi connectivity index (χ0v) is 24.5. The standard InChI is InChI=1S/C31H21FN6O4S2/c1-18-26(28(39)36-22-6-3-2-4-7-22)27(20-9-11-21(32)12-10-20)37-29(40)25(44-31(37)35-18)17-19-8-13-24(23(16-19)38(41)42)43-30-33-14-5-15-34-30/h2-17,27H,1H3,(H,36,39)/b25-17+/t27-/m0/s1. The number of carbonyl (C=O) groups is 1. The summed E-state index contributed by atoms with van der Waals surface area (Å²) in [4.78, 5) is 52.5. The molecule has 1 N–H and O–H groups in total. The molecule has 10 nitrogen and oxygen atoms in total. The van der Waals surface area contributed by atoms with Crippen LogP contribution in [0.15, 0.2) is 122 Å². The fraction of sp³-hybridized carbons (Fsp3) is 0.0645. The predicted octanol–water partition coefficient (Wildman–Crippen LogP) is 4.86. The number of carbonyl (C=O) groups excluding carboxylic acids is 1. The second-order valence-electron chi connectivity index (χ2n) is 9.57. The Hall–Kier alpha value is -5.27. The Bertz CT molecular complexity index is 2110. The first-order valence-electron chi connectivity index (χ1n) is 13.2. The molecule has 218 valence electrons. The lowest BCUT2D eigenvalue weighted by Crippen LogP contribution is -2.40. The van der Waals surface area contributed by atoms with Gasteiger partial charge in [-0.15, -0.1) is 0 Å². The van der Waals surface area contributed by atoms with E-state index in [4.69, 9.17) is 0 Å². The monoisotopic (exact) mass is 624 g/mol. The minimum absolute atomic E-state index is 0.163. The third-order valence-electron chi connectivity index (χ3n) is 6.70. The number of para-hydroxylation sites is 1. The SMILES string of the molecule is CC1=C(C(=O)Nc2ccccc2)[C@H](c2ccc(F)cc2)n2c(s/c(=C/c3ccc(Sc4ncccn4)c([N+](=O)[O-])c3)c2=O)=N1. The van der Waals surface area contributed by atoms with Crippen LogP contribution in [-0.2, 0) is 4.79 Å². The maximum absolute atomic E-state index is 13.9. The molecule has 0 fully saturated rings. The Morgan fingerprint density at radius 2 is 1.80 bits per heavy atom. The van der Waals surface area contributed by atoms with Crippen molar-refractivity contribution in [2.45, 2.75) is 23.0 Å². The largest absolute Gasteiger partial charge is 0.322 e. The second kappa shape index (κ2) is 12.1. The van der Waals surface area contributed by atoms with Crippen LogP contribution in [0.25, 0.3) is 6.08 Å². The molecule has 5 aromatic rings. The van der Waals surface area contributed by atoms with Crippen molar-refractivity contribution in [3.8, 4) is 0 Å². The van der Waals surface area contributed by atoms with Crippen LogP contribution in [0.5, 0.6) is 0 Å². The molecule has 0 unspecified atom stereocenters. The van der Waals surface area contributed by atoms with Gasteiger partial charge in [0.2, 0.25) is 0 Å². The summed E-state index contributed by atoms with van der Waals surface area (Å²) in [7, 11) is 0. The highest BCUT2D eigenvalue weighted by Gasteiger charge is 2.32. The molecule has 2 aromatic heterocycles. The number of nitro groups is 1. The van der Waals surface area contributed by atoms with Crippen LogP contribution >= 0.6 is 23.1 Å². The van der Waals surface area contributed by atoms with E-state index in [-0.39, 0.29) is 15.8 Å². The maximum atomic E-state index is 13.9. The number of allylic oxidation sites excluding steroid dienone is 1. The van der Waals surface area contributed by atoms with Crippen LogP contribution in [0, 0.1) is 15.9 Å². The number of hydrogen-bond donors (Lipinski definition) is 1. The number of nitrogens with one attached hydrogen (secondary N) is 1. The van der Waals surface area contributed by atoms with Crippen LogP contribution in [0.2, 0.25) is 0 Å². The summed E-state index contributed by atoms with van der Waals surface area (Å²) in [5.41, 5.74) is 1.54. The van der Waals surface area contributed by atoms with E-state index in [9.17, 15) is 24.1 Å². The first-order valence-corrected chi connectivity index (χ1v) is 14.8. The van der Waals surface area contributed by atoms with Gasteiger partial charge in [-0.3, -0.25) is 24.3 Å². The van der Waals surface area contributed by atoms with Crippen LogP contribution < -0.4 is 20.2 Å². The van der Waals surface area contributed by atoms with Crippen LogP contribution in [-0.4, -0.2) is 25.4 Å². The molecule has 3 aromatic carbocycles. The van der Waals surface area contributed by atoms with Crippen LogP contribution in [0.1, 0.15) is 24.1 Å². The van der Waals surface area contributed by atoms with Gasteiger partial charge in [-0.25, -0.2) is 19.4 Å². The van der Waals surface area contributed by atoms with Crippen molar-refractivity contribution in [1.29, 1.82) is 0 Å². The summed E-state index contributed by atoms with van der Waals surface area (Å²) in [5, 5.41) is 15.1. The fourth-order valence-corrected chi connectivity index (χ4v) is 6.58. The third kappa shape index (κ3) is 5.82. The van der Waals surface area contributed by atoms with E-state index in [1.807, 2.05) is 6.07 Å². The van der Waals surface area contributed by atoms with Gasteiger partial charge in [0.15, 0.2) is 9.96 Å². The molecule has 44 heavy (non-hydrogen) atoms. The Kier molecular flexibility index (Phi) is 7.96. The molecule has 1 atom stereocenters. The van der Waals surface area contributed by atoms with Gasteiger partial charge in [-0.05, 0) is 72.3 Å². The smallest absolute Gasteiger partial charge is 0.283 e. The summed E-state index contributed by atoms with van der Waals surface area (Å²) in [6.07, 6.45) is 4.65. The van der Waals surface area contributed by atoms with E-state index in [0.717, 1.165) is 23.1 Å². The summed E-state index contributed by atoms with van der Waals surface area (Å²) in [6, 6.07) is 19.9. The van der Waals surface area contributed by atoms with Crippen molar-refractivity contribution in [3.05, 3.63) is 149 Å². The number of thiazole rings is 1. The van der Waals surface area contributed by atoms with Crippen molar-refractivity contribution < 1.29 is 14.1 Å². The summed E-state index contributed by atoms with van der Waals surface area (Å²) < 4.78 is 15.6. The normalized spacial score (nSPS) is 14.6. The van der Waals surface area contributed by atoms with Crippen molar-refractivity contribution >= 4 is 46.5 Å². The zero-order valence-electron chi connectivity index (χ0n) is 22.9. The number of nitro benzene ring substituents is 1. The number of benzene rings is 3. The van der Waals surface area contributed by atoms with Gasteiger partial charge in [-0.2, -0.15) is 0 Å². The van der Waals surface area contributed by atoms with Gasteiger partial charge >= 0.3 is 0 Å². The quantitative estimate of drug-likeness (QED) is 0.155. The molecule has 0 spiro atoms. The molecule has 13 heteroatoms. The minimum Gasteiger partial charge on any atom is -0.322 e. The van der Waals surface area contributed by atoms with E-state index in [0.29, 0.717) is 37.4 Å². The molecular formula is C31H21FN6O4S2. The van der Waals surface area contributed by atoms with E-state index in [1.54, 1.807) is 67.9 Å². The van der Waals surface area contributed by atoms with Crippen LogP contribution in [0.4, 0.5) is 15.8 Å². The molecule has 0 aliphatic carbocycles. The Labute approximate surface area is 257 Å². The molecule has 0 bridgehead atoms. The molecule has 1 aliphatic heterocycles. The third-order valence-corrected chi connectivity index (χ3v) is 8.65. The zero-order chi connectivity index (χ0) is 30.8. The molecule has 1 aliphatic rings. The molecule has 6 rings (SSSR count). The van der Waals surface area contributed by atoms with Gasteiger partial charge in [-0.1, -0.05) is 47.7 Å². The highest BCUT2D eigenvalue weighted by atomic mass is 32.2. The summed E-state index contributed by atoms with van der Waals surface area (Å²) in [5.74, 6) is -0.911. The van der Waals surface area contributed by atoms with Crippen molar-refractivity contribution in [2.75, 3.05) is 5.32 Å². The Morgan fingerprint density at radius 1 is 1.07 bits per heavy atom. The molecule has 0 saturated heterocycles. The number of nitrogens with zero attached hydrogens (tertiary/aromatic N) is 5. The lowest BCUT2D eigenvalue weighted by molar-refractivity contribution is -0.387. The predicted molar refractivity (Wildman–Crippen MR) is 164 cm³/mol. The van der Waals surface area contributed by atoms with Crippen molar-refractivity contribution in [2.24, 2.45) is 4.99 Å². The highest BCUT2D eigenvalue weighted by Crippen LogP contribution is 2.34. The van der Waals surface area contributed by atoms with Gasteiger partial charge in [0.05, 0.1) is 31.7 Å². The first-order chi connectivity index (χ1) is 21.3. The van der Waals surface area contributed by atoms with E-state index in [1.165, 1.54) is 34.9 Å². The number of aromatic nitrogens is 3. The second-order valence-corrected chi connectivity index (χ2v) is 11.6. The molecule has 0 saturated carbocycles.